The van der Waals surface area contributed by atoms with Crippen molar-refractivity contribution in [1.82, 2.24) is 0 Å². The van der Waals surface area contributed by atoms with Crippen LogP contribution in [-0.4, -0.2) is 25.7 Å². The second-order valence-electron chi connectivity index (χ2n) is 4.52. The summed E-state index contributed by atoms with van der Waals surface area (Å²) in [6, 6.07) is 3.51. The van der Waals surface area contributed by atoms with Crippen molar-refractivity contribution in [2.24, 2.45) is 0 Å². The van der Waals surface area contributed by atoms with Crippen LogP contribution < -0.4 is 16.0 Å². The lowest BCUT2D eigenvalue weighted by atomic mass is 9.94. The van der Waals surface area contributed by atoms with Crippen LogP contribution in [0.5, 0.6) is 0 Å². The molecule has 1 heterocycles. The van der Waals surface area contributed by atoms with Crippen molar-refractivity contribution in [2.75, 3.05) is 23.1 Å². The number of nitrogens with two attached hydrogens (primary N) is 1. The van der Waals surface area contributed by atoms with Gasteiger partial charge in [0.15, 0.2) is 0 Å². The van der Waals surface area contributed by atoms with Crippen LogP contribution >= 0.6 is 0 Å². The van der Waals surface area contributed by atoms with Crippen LogP contribution in [0, 0.1) is 0 Å². The largest absolute Gasteiger partial charge is 0.452 e. The average Bonchev–Trinajstić information content (AvgIpc) is 2.41. The number of benzene rings is 1. The van der Waals surface area contributed by atoms with Crippen molar-refractivity contribution < 1.29 is 14.3 Å². The molecular weight excluding hydrogens is 246 g/mol. The lowest BCUT2D eigenvalue weighted by molar-refractivity contribution is -0.105. The normalized spacial score (nSPS) is 17.6. The van der Waals surface area contributed by atoms with Crippen LogP contribution in [0.1, 0.15) is 18.9 Å². The Hall–Kier alpha value is -2.24. The van der Waals surface area contributed by atoms with Crippen LogP contribution in [0.2, 0.25) is 0 Å². The molecule has 0 fully saturated rings. The Labute approximate surface area is 111 Å². The molecule has 3 N–H and O–H groups in total. The zero-order valence-electron chi connectivity index (χ0n) is 11.0. The van der Waals surface area contributed by atoms with Gasteiger partial charge in [0.25, 0.3) is 0 Å². The number of hydrogen-bond acceptors (Lipinski definition) is 4. The van der Waals surface area contributed by atoms with Gasteiger partial charge in [-0.3, -0.25) is 9.69 Å². The number of rotatable bonds is 2. The number of ether oxygens (including phenoxy) is 1. The van der Waals surface area contributed by atoms with E-state index in [0.29, 0.717) is 17.8 Å². The molecule has 1 atom stereocenters. The van der Waals surface area contributed by atoms with E-state index in [0.717, 1.165) is 24.1 Å². The van der Waals surface area contributed by atoms with Crippen molar-refractivity contribution in [1.29, 1.82) is 0 Å². The summed E-state index contributed by atoms with van der Waals surface area (Å²) in [5, 5.41) is 2.61. The number of carbonyl (C=O) groups is 2. The Balaban J connectivity index is 2.54. The predicted molar refractivity (Wildman–Crippen MR) is 73.2 cm³/mol. The first-order chi connectivity index (χ1) is 9.10. The molecular formula is C13H17N3O3. The molecule has 2 amide bonds. The first-order valence-corrected chi connectivity index (χ1v) is 6.08. The SMILES string of the molecule is COC(=O)N1c2ccc(N)c(NC=O)c2CC[C@@H]1C. The molecule has 1 aromatic rings. The van der Waals surface area contributed by atoms with E-state index in [4.69, 9.17) is 10.5 Å². The molecule has 2 rings (SSSR count). The van der Waals surface area contributed by atoms with Gasteiger partial charge in [0.05, 0.1) is 24.2 Å². The molecule has 1 aromatic carbocycles. The Morgan fingerprint density at radius 2 is 2.32 bits per heavy atom. The average molecular weight is 263 g/mol. The third-order valence-electron chi connectivity index (χ3n) is 3.41. The number of nitrogen functional groups attached to an aromatic ring is 1. The fourth-order valence-electron chi connectivity index (χ4n) is 2.46. The minimum Gasteiger partial charge on any atom is -0.452 e. The number of hydrogen-bond donors (Lipinski definition) is 2. The molecule has 1 aliphatic rings. The van der Waals surface area contributed by atoms with Crippen molar-refractivity contribution in [3.63, 3.8) is 0 Å². The van der Waals surface area contributed by atoms with Gasteiger partial charge in [-0.05, 0) is 31.9 Å². The molecule has 0 aromatic heterocycles. The predicted octanol–water partition coefficient (Wildman–Crippen LogP) is 1.74. The Morgan fingerprint density at radius 3 is 2.95 bits per heavy atom. The fourth-order valence-corrected chi connectivity index (χ4v) is 2.46. The summed E-state index contributed by atoms with van der Waals surface area (Å²) in [5.74, 6) is 0. The van der Waals surface area contributed by atoms with E-state index in [9.17, 15) is 9.59 Å². The number of fused-ring (bicyclic) bond motifs is 1. The third-order valence-corrected chi connectivity index (χ3v) is 3.41. The van der Waals surface area contributed by atoms with Gasteiger partial charge >= 0.3 is 6.09 Å². The van der Waals surface area contributed by atoms with Crippen molar-refractivity contribution in [3.05, 3.63) is 17.7 Å². The first kappa shape index (κ1) is 13.2. The maximum absolute atomic E-state index is 11.9. The second-order valence-corrected chi connectivity index (χ2v) is 4.52. The highest BCUT2D eigenvalue weighted by Gasteiger charge is 2.30. The van der Waals surface area contributed by atoms with Gasteiger partial charge in [-0.15, -0.1) is 0 Å². The van der Waals surface area contributed by atoms with Crippen LogP contribution in [0.25, 0.3) is 0 Å². The molecule has 6 heteroatoms. The Bertz CT molecular complexity index is 516. The lowest BCUT2D eigenvalue weighted by Crippen LogP contribution is -2.42. The molecule has 0 saturated carbocycles. The summed E-state index contributed by atoms with van der Waals surface area (Å²) in [4.78, 5) is 24.1. The summed E-state index contributed by atoms with van der Waals surface area (Å²) in [5.41, 5.74) is 8.54. The number of carbonyl (C=O) groups excluding carboxylic acids is 2. The van der Waals surface area contributed by atoms with Gasteiger partial charge in [0, 0.05) is 11.6 Å². The summed E-state index contributed by atoms with van der Waals surface area (Å²) in [7, 11) is 1.35. The third kappa shape index (κ3) is 2.21. The van der Waals surface area contributed by atoms with Gasteiger partial charge in [-0.25, -0.2) is 4.79 Å². The Kier molecular flexibility index (Phi) is 3.59. The van der Waals surface area contributed by atoms with E-state index in [1.54, 1.807) is 17.0 Å². The summed E-state index contributed by atoms with van der Waals surface area (Å²) < 4.78 is 4.81. The summed E-state index contributed by atoms with van der Waals surface area (Å²) >= 11 is 0. The monoisotopic (exact) mass is 263 g/mol. The first-order valence-electron chi connectivity index (χ1n) is 6.08. The minimum atomic E-state index is -0.407. The van der Waals surface area contributed by atoms with E-state index in [1.165, 1.54) is 7.11 Å². The fraction of sp³-hybridized carbons (Fsp3) is 0.385. The van der Waals surface area contributed by atoms with Gasteiger partial charge in [0.2, 0.25) is 6.41 Å². The van der Waals surface area contributed by atoms with E-state index in [2.05, 4.69) is 5.32 Å². The van der Waals surface area contributed by atoms with E-state index >= 15 is 0 Å². The lowest BCUT2D eigenvalue weighted by Gasteiger charge is -2.35. The maximum Gasteiger partial charge on any atom is 0.414 e. The maximum atomic E-state index is 11.9. The highest BCUT2D eigenvalue weighted by molar-refractivity contribution is 5.94. The number of amides is 2. The molecule has 0 unspecified atom stereocenters. The van der Waals surface area contributed by atoms with Crippen molar-refractivity contribution in [3.8, 4) is 0 Å². The van der Waals surface area contributed by atoms with Crippen LogP contribution in [0.3, 0.4) is 0 Å². The molecule has 19 heavy (non-hydrogen) atoms. The standard InChI is InChI=1S/C13H17N3O3/c1-8-3-4-9-11(16(8)13(18)19-2)6-5-10(14)12(9)15-7-17/h5-8H,3-4,14H2,1-2H3,(H,15,17)/t8-/m0/s1. The zero-order valence-corrected chi connectivity index (χ0v) is 11.0. The molecule has 0 bridgehead atoms. The van der Waals surface area contributed by atoms with E-state index in [1.807, 2.05) is 6.92 Å². The molecule has 1 aliphatic heterocycles. The summed E-state index contributed by atoms with van der Waals surface area (Å²) in [6.07, 6.45) is 1.73. The number of anilines is 3. The Morgan fingerprint density at radius 1 is 1.58 bits per heavy atom. The molecule has 0 saturated heterocycles. The summed E-state index contributed by atoms with van der Waals surface area (Å²) in [6.45, 7) is 1.96. The van der Waals surface area contributed by atoms with Gasteiger partial charge in [-0.1, -0.05) is 0 Å². The molecule has 0 spiro atoms. The van der Waals surface area contributed by atoms with Crippen molar-refractivity contribution >= 4 is 29.6 Å². The van der Waals surface area contributed by atoms with E-state index < -0.39 is 6.09 Å². The molecule has 6 nitrogen and oxygen atoms in total. The van der Waals surface area contributed by atoms with Gasteiger partial charge in [-0.2, -0.15) is 0 Å². The zero-order chi connectivity index (χ0) is 14.0. The topological polar surface area (TPSA) is 84.7 Å². The van der Waals surface area contributed by atoms with Crippen LogP contribution in [0.4, 0.5) is 21.9 Å². The molecule has 0 radical (unpaired) electrons. The number of nitrogens with zero attached hydrogens (tertiary/aromatic N) is 1. The minimum absolute atomic E-state index is 0.0488. The molecule has 102 valence electrons. The highest BCUT2D eigenvalue weighted by Crippen LogP contribution is 2.38. The molecule has 0 aliphatic carbocycles. The second kappa shape index (κ2) is 5.17. The quantitative estimate of drug-likeness (QED) is 0.628. The number of methoxy groups -OCH3 is 1. The smallest absolute Gasteiger partial charge is 0.414 e. The van der Waals surface area contributed by atoms with Crippen LogP contribution in [0.15, 0.2) is 12.1 Å². The van der Waals surface area contributed by atoms with Gasteiger partial charge < -0.3 is 15.8 Å². The number of nitrogens with one attached hydrogen (secondary N) is 1. The van der Waals surface area contributed by atoms with Crippen LogP contribution in [-0.2, 0) is 16.0 Å². The van der Waals surface area contributed by atoms with Crippen molar-refractivity contribution in [2.45, 2.75) is 25.8 Å². The van der Waals surface area contributed by atoms with Gasteiger partial charge in [0.1, 0.15) is 0 Å². The van der Waals surface area contributed by atoms with E-state index in [-0.39, 0.29) is 6.04 Å². The highest BCUT2D eigenvalue weighted by atomic mass is 16.5.